The van der Waals surface area contributed by atoms with Gasteiger partial charge in [0.1, 0.15) is 0 Å². The van der Waals surface area contributed by atoms with Gasteiger partial charge < -0.3 is 5.73 Å². The molecule has 0 aliphatic rings. The Hall–Kier alpha value is -0.440. The molecule has 2 aromatic carbocycles. The summed E-state index contributed by atoms with van der Waals surface area (Å²) < 4.78 is 0. The molecule has 2 rings (SSSR count). The summed E-state index contributed by atoms with van der Waals surface area (Å²) in [6, 6.07) is 10.0. The Morgan fingerprint density at radius 1 is 0.778 bits per heavy atom. The van der Waals surface area contributed by atoms with Crippen molar-refractivity contribution in [1.82, 2.24) is 0 Å². The van der Waals surface area contributed by atoms with Crippen molar-refractivity contribution in [3.05, 3.63) is 67.6 Å². The zero-order valence-corrected chi connectivity index (χ0v) is 12.2. The lowest BCUT2D eigenvalue weighted by Crippen LogP contribution is -2.13. The van der Waals surface area contributed by atoms with Crippen LogP contribution in [-0.4, -0.2) is 0 Å². The molecule has 1 atom stereocenters. The zero-order valence-electron chi connectivity index (χ0n) is 9.13. The summed E-state index contributed by atoms with van der Waals surface area (Å²) in [6.07, 6.45) is 0. The summed E-state index contributed by atoms with van der Waals surface area (Å²) in [5, 5.41) is 1.99. The van der Waals surface area contributed by atoms with Crippen molar-refractivity contribution < 1.29 is 0 Å². The molecule has 1 unspecified atom stereocenters. The van der Waals surface area contributed by atoms with E-state index in [9.17, 15) is 0 Å². The Morgan fingerprint density at radius 3 is 1.94 bits per heavy atom. The van der Waals surface area contributed by atoms with E-state index in [1.807, 2.05) is 0 Å². The van der Waals surface area contributed by atoms with Gasteiger partial charge >= 0.3 is 0 Å². The van der Waals surface area contributed by atoms with E-state index in [2.05, 4.69) is 0 Å². The Labute approximate surface area is 125 Å². The molecule has 1 nitrogen and oxygen atoms in total. The minimum Gasteiger partial charge on any atom is -0.320 e. The Balaban J connectivity index is 2.48. The molecule has 0 aromatic heterocycles. The minimum atomic E-state index is -0.444. The van der Waals surface area contributed by atoms with Gasteiger partial charge in [-0.2, -0.15) is 0 Å². The number of hydrogen-bond donors (Lipinski definition) is 1. The highest BCUT2D eigenvalue weighted by Gasteiger charge is 2.16. The smallest absolute Gasteiger partial charge is 0.0595 e. The van der Waals surface area contributed by atoms with Crippen LogP contribution in [-0.2, 0) is 0 Å². The van der Waals surface area contributed by atoms with Gasteiger partial charge in [-0.1, -0.05) is 58.5 Å². The third kappa shape index (κ3) is 2.76. The highest BCUT2D eigenvalue weighted by molar-refractivity contribution is 6.42. The lowest BCUT2D eigenvalue weighted by atomic mass is 9.99. The average Bonchev–Trinajstić information content (AvgIpc) is 2.32. The maximum atomic E-state index is 6.17. The van der Waals surface area contributed by atoms with Gasteiger partial charge in [-0.25, -0.2) is 0 Å². The van der Waals surface area contributed by atoms with E-state index in [1.54, 1.807) is 36.4 Å². The standard InChI is InChI=1S/C13H9Cl4N/c14-8-5-4-7(6-11(8)17)13(18)12-9(15)2-1-3-10(12)16/h1-6,13H,18H2. The van der Waals surface area contributed by atoms with E-state index < -0.39 is 6.04 Å². The van der Waals surface area contributed by atoms with Crippen molar-refractivity contribution in [2.75, 3.05) is 0 Å². The number of halogens is 4. The molecule has 5 heteroatoms. The maximum absolute atomic E-state index is 6.17. The predicted molar refractivity (Wildman–Crippen MR) is 79.0 cm³/mol. The highest BCUT2D eigenvalue weighted by atomic mass is 35.5. The lowest BCUT2D eigenvalue weighted by Gasteiger charge is -2.16. The average molecular weight is 321 g/mol. The molecule has 0 fully saturated rings. The maximum Gasteiger partial charge on any atom is 0.0595 e. The molecular formula is C13H9Cl4N. The molecule has 0 saturated heterocycles. The molecule has 0 bridgehead atoms. The summed E-state index contributed by atoms with van der Waals surface area (Å²) in [7, 11) is 0. The van der Waals surface area contributed by atoms with Crippen molar-refractivity contribution in [2.45, 2.75) is 6.04 Å². The van der Waals surface area contributed by atoms with Gasteiger partial charge in [-0.05, 0) is 29.8 Å². The first kappa shape index (κ1) is 14.0. The fourth-order valence-corrected chi connectivity index (χ4v) is 2.62. The monoisotopic (exact) mass is 319 g/mol. The molecule has 2 aromatic rings. The van der Waals surface area contributed by atoms with Crippen molar-refractivity contribution in [2.24, 2.45) is 5.73 Å². The number of benzene rings is 2. The summed E-state index contributed by atoms with van der Waals surface area (Å²) in [4.78, 5) is 0. The first-order valence-electron chi connectivity index (χ1n) is 5.15. The normalized spacial score (nSPS) is 12.5. The highest BCUT2D eigenvalue weighted by Crippen LogP contribution is 2.34. The van der Waals surface area contributed by atoms with E-state index in [4.69, 9.17) is 52.1 Å². The van der Waals surface area contributed by atoms with Crippen LogP contribution in [0.1, 0.15) is 17.2 Å². The first-order valence-corrected chi connectivity index (χ1v) is 6.66. The van der Waals surface area contributed by atoms with Crippen LogP contribution in [0.2, 0.25) is 20.1 Å². The molecule has 0 aliphatic carbocycles. The third-order valence-corrected chi connectivity index (χ3v) is 4.01. The Kier molecular flexibility index (Phi) is 4.41. The largest absolute Gasteiger partial charge is 0.320 e. The summed E-state index contributed by atoms with van der Waals surface area (Å²) >= 11 is 24.1. The molecule has 0 amide bonds. The van der Waals surface area contributed by atoms with Crippen LogP contribution in [0.4, 0.5) is 0 Å². The molecule has 18 heavy (non-hydrogen) atoms. The zero-order chi connectivity index (χ0) is 13.3. The fourth-order valence-electron chi connectivity index (χ4n) is 1.68. The van der Waals surface area contributed by atoms with E-state index in [0.29, 0.717) is 25.7 Å². The van der Waals surface area contributed by atoms with Gasteiger partial charge in [0.05, 0.1) is 16.1 Å². The van der Waals surface area contributed by atoms with E-state index in [0.717, 1.165) is 5.56 Å². The summed E-state index contributed by atoms with van der Waals surface area (Å²) in [5.41, 5.74) is 7.65. The van der Waals surface area contributed by atoms with Crippen LogP contribution < -0.4 is 5.73 Å². The van der Waals surface area contributed by atoms with Gasteiger partial charge in [0.15, 0.2) is 0 Å². The van der Waals surface area contributed by atoms with Gasteiger partial charge in [-0.15, -0.1) is 0 Å². The molecule has 0 aliphatic heterocycles. The number of rotatable bonds is 2. The topological polar surface area (TPSA) is 26.0 Å². The molecule has 2 N–H and O–H groups in total. The predicted octanol–water partition coefficient (Wildman–Crippen LogP) is 5.35. The molecular weight excluding hydrogens is 312 g/mol. The first-order chi connectivity index (χ1) is 8.50. The number of nitrogens with two attached hydrogens (primary N) is 1. The van der Waals surface area contributed by atoms with Crippen LogP contribution >= 0.6 is 46.4 Å². The molecule has 0 saturated carbocycles. The molecule has 0 heterocycles. The fraction of sp³-hybridized carbons (Fsp3) is 0.0769. The third-order valence-electron chi connectivity index (χ3n) is 2.61. The molecule has 0 radical (unpaired) electrons. The van der Waals surface area contributed by atoms with Gasteiger partial charge in [0.2, 0.25) is 0 Å². The Bertz CT molecular complexity index is 563. The van der Waals surface area contributed by atoms with Crippen molar-refractivity contribution >= 4 is 46.4 Å². The van der Waals surface area contributed by atoms with Gasteiger partial charge in [-0.3, -0.25) is 0 Å². The second-order valence-electron chi connectivity index (χ2n) is 3.79. The van der Waals surface area contributed by atoms with Crippen LogP contribution in [0.25, 0.3) is 0 Å². The number of hydrogen-bond acceptors (Lipinski definition) is 1. The summed E-state index contributed by atoms with van der Waals surface area (Å²) in [6.45, 7) is 0. The van der Waals surface area contributed by atoms with E-state index >= 15 is 0 Å². The second kappa shape index (κ2) is 5.68. The molecule has 0 spiro atoms. The lowest BCUT2D eigenvalue weighted by molar-refractivity contribution is 0.872. The van der Waals surface area contributed by atoms with Crippen LogP contribution in [0.3, 0.4) is 0 Å². The van der Waals surface area contributed by atoms with Gasteiger partial charge in [0, 0.05) is 15.6 Å². The SMILES string of the molecule is NC(c1ccc(Cl)c(Cl)c1)c1c(Cl)cccc1Cl. The van der Waals surface area contributed by atoms with E-state index in [-0.39, 0.29) is 0 Å². The quantitative estimate of drug-likeness (QED) is 0.793. The van der Waals surface area contributed by atoms with Crippen LogP contribution in [0.5, 0.6) is 0 Å². The van der Waals surface area contributed by atoms with Gasteiger partial charge in [0.25, 0.3) is 0 Å². The summed E-state index contributed by atoms with van der Waals surface area (Å²) in [5.74, 6) is 0. The van der Waals surface area contributed by atoms with Crippen LogP contribution in [0.15, 0.2) is 36.4 Å². The van der Waals surface area contributed by atoms with Crippen molar-refractivity contribution in [1.29, 1.82) is 0 Å². The minimum absolute atomic E-state index is 0.444. The van der Waals surface area contributed by atoms with Crippen molar-refractivity contribution in [3.8, 4) is 0 Å². The Morgan fingerprint density at radius 2 is 1.39 bits per heavy atom. The second-order valence-corrected chi connectivity index (χ2v) is 5.42. The van der Waals surface area contributed by atoms with E-state index in [1.165, 1.54) is 0 Å². The van der Waals surface area contributed by atoms with Crippen molar-refractivity contribution in [3.63, 3.8) is 0 Å². The molecule has 94 valence electrons. The van der Waals surface area contributed by atoms with Crippen LogP contribution in [0, 0.1) is 0 Å².